The minimum absolute atomic E-state index is 0. The predicted molar refractivity (Wildman–Crippen MR) is 136 cm³/mol. The number of imidazole rings is 1. The highest BCUT2D eigenvalue weighted by Gasteiger charge is 2.22. The van der Waals surface area contributed by atoms with Crippen LogP contribution in [-0.2, 0) is 10.1 Å². The molecule has 0 radical (unpaired) electrons. The number of benzene rings is 4. The van der Waals surface area contributed by atoms with Gasteiger partial charge in [0.25, 0.3) is 15.8 Å². The number of hydrogen-bond donors (Lipinski definition) is 3. The van der Waals surface area contributed by atoms with Crippen molar-refractivity contribution in [2.45, 2.75) is 4.90 Å². The zero-order valence-electron chi connectivity index (χ0n) is 18.5. The number of nitrogens with one attached hydrogen (secondary N) is 1. The van der Waals surface area contributed by atoms with Crippen molar-refractivity contribution in [1.82, 2.24) is 9.97 Å². The van der Waals surface area contributed by atoms with Crippen LogP contribution in [0, 0.1) is 10.1 Å². The van der Waals surface area contributed by atoms with Crippen molar-refractivity contribution in [1.29, 1.82) is 0 Å². The number of phenolic OH excluding ortho intramolecular Hbond substituents is 1. The van der Waals surface area contributed by atoms with Crippen molar-refractivity contribution in [3.8, 4) is 34.0 Å². The Morgan fingerprint density at radius 1 is 1.03 bits per heavy atom. The Bertz CT molecular complexity index is 1770. The summed E-state index contributed by atoms with van der Waals surface area (Å²) >= 11 is 0. The Morgan fingerprint density at radius 2 is 1.72 bits per heavy atom. The molecule has 10 nitrogen and oxygen atoms in total. The van der Waals surface area contributed by atoms with E-state index in [1.807, 2.05) is 0 Å². The number of non-ortho nitro benzene ring substituents is 1. The fourth-order valence-electron chi connectivity index (χ4n) is 4.18. The molecule has 1 heterocycles. The second kappa shape index (κ2) is 9.11. The van der Waals surface area contributed by atoms with E-state index in [4.69, 9.17) is 4.74 Å². The first kappa shape index (κ1) is 24.9. The lowest BCUT2D eigenvalue weighted by Gasteiger charge is -2.12. The standard InChI is InChI=1S/C24H17N3O7S.ClH/c1-34-23-15(13-5-2-6-14(11-13)27(29)30)7-3-9-17(23)24-25-18-12-20(35(31,32)33)16-8-4-10-19(28)21(16)22(18)26-24;/h2-12,28H,1H3,(H,25,26)(H,31,32,33);1H. The van der Waals surface area contributed by atoms with Crippen molar-refractivity contribution < 1.29 is 27.7 Å². The van der Waals surface area contributed by atoms with Crippen LogP contribution in [0.5, 0.6) is 11.5 Å². The lowest BCUT2D eigenvalue weighted by molar-refractivity contribution is -0.384. The van der Waals surface area contributed by atoms with Crippen molar-refractivity contribution in [2.75, 3.05) is 7.11 Å². The Kier molecular flexibility index (Phi) is 6.31. The molecule has 5 rings (SSSR count). The van der Waals surface area contributed by atoms with Gasteiger partial charge >= 0.3 is 0 Å². The first-order valence-electron chi connectivity index (χ1n) is 10.2. The molecular formula is C24H18ClN3O7S. The number of nitrogens with zero attached hydrogens (tertiary/aromatic N) is 2. The summed E-state index contributed by atoms with van der Waals surface area (Å²) in [6, 6.07) is 16.9. The van der Waals surface area contributed by atoms with Crippen LogP contribution in [0.3, 0.4) is 0 Å². The van der Waals surface area contributed by atoms with Crippen LogP contribution in [0.2, 0.25) is 0 Å². The Labute approximate surface area is 210 Å². The van der Waals surface area contributed by atoms with Crippen LogP contribution < -0.4 is 4.74 Å². The summed E-state index contributed by atoms with van der Waals surface area (Å²) in [5, 5.41) is 22.0. The van der Waals surface area contributed by atoms with Gasteiger partial charge in [-0.05, 0) is 23.8 Å². The molecule has 0 unspecified atom stereocenters. The molecule has 0 fully saturated rings. The fraction of sp³-hybridized carbons (Fsp3) is 0.0417. The number of ether oxygens (including phenoxy) is 1. The third kappa shape index (κ3) is 4.09. The van der Waals surface area contributed by atoms with Crippen molar-refractivity contribution in [2.24, 2.45) is 0 Å². The third-order valence-electron chi connectivity index (χ3n) is 5.67. The number of phenols is 1. The lowest BCUT2D eigenvalue weighted by Crippen LogP contribution is -1.99. The summed E-state index contributed by atoms with van der Waals surface area (Å²) in [4.78, 5) is 18.0. The number of H-pyrrole nitrogens is 1. The molecule has 5 aromatic rings. The van der Waals surface area contributed by atoms with Gasteiger partial charge < -0.3 is 14.8 Å². The number of aromatic nitrogens is 2. The largest absolute Gasteiger partial charge is 0.507 e. The molecule has 0 aliphatic rings. The normalized spacial score (nSPS) is 11.4. The van der Waals surface area contributed by atoms with E-state index >= 15 is 0 Å². The molecule has 0 saturated heterocycles. The molecule has 36 heavy (non-hydrogen) atoms. The van der Waals surface area contributed by atoms with Gasteiger partial charge in [-0.15, -0.1) is 12.4 Å². The zero-order valence-corrected chi connectivity index (χ0v) is 20.1. The summed E-state index contributed by atoms with van der Waals surface area (Å²) in [6.45, 7) is 0. The van der Waals surface area contributed by atoms with Gasteiger partial charge in [0.2, 0.25) is 0 Å². The number of nitro benzene ring substituents is 1. The summed E-state index contributed by atoms with van der Waals surface area (Å²) in [7, 11) is -3.14. The number of hydrogen-bond acceptors (Lipinski definition) is 7. The van der Waals surface area contributed by atoms with Crippen molar-refractivity contribution in [3.63, 3.8) is 0 Å². The summed E-state index contributed by atoms with van der Waals surface area (Å²) < 4.78 is 39.5. The smallest absolute Gasteiger partial charge is 0.295 e. The molecule has 0 aliphatic heterocycles. The van der Waals surface area contributed by atoms with Crippen molar-refractivity contribution in [3.05, 3.63) is 76.8 Å². The fourth-order valence-corrected chi connectivity index (χ4v) is 4.90. The molecule has 12 heteroatoms. The number of aromatic amines is 1. The predicted octanol–water partition coefficient (Wildman–Crippen LogP) is 5.34. The van der Waals surface area contributed by atoms with E-state index in [2.05, 4.69) is 9.97 Å². The topological polar surface area (TPSA) is 156 Å². The monoisotopic (exact) mass is 527 g/mol. The van der Waals surface area contributed by atoms with Gasteiger partial charge in [-0.3, -0.25) is 14.7 Å². The van der Waals surface area contributed by atoms with Crippen LogP contribution in [0.4, 0.5) is 5.69 Å². The summed E-state index contributed by atoms with van der Waals surface area (Å²) in [5.41, 5.74) is 2.14. The minimum atomic E-state index is -4.60. The highest BCUT2D eigenvalue weighted by Crippen LogP contribution is 2.41. The minimum Gasteiger partial charge on any atom is -0.507 e. The molecule has 184 valence electrons. The lowest BCUT2D eigenvalue weighted by atomic mass is 10.0. The molecule has 0 saturated carbocycles. The van der Waals surface area contributed by atoms with Crippen LogP contribution in [-0.4, -0.2) is 40.1 Å². The van der Waals surface area contributed by atoms with Crippen molar-refractivity contribution >= 4 is 50.0 Å². The Balaban J connectivity index is 0.00000304. The third-order valence-corrected chi connectivity index (χ3v) is 6.57. The van der Waals surface area contributed by atoms with Gasteiger partial charge in [-0.1, -0.05) is 36.4 Å². The number of fused-ring (bicyclic) bond motifs is 3. The van der Waals surface area contributed by atoms with Crippen LogP contribution >= 0.6 is 12.4 Å². The molecule has 3 N–H and O–H groups in total. The molecular weight excluding hydrogens is 510 g/mol. The maximum absolute atomic E-state index is 12.0. The second-order valence-corrected chi connectivity index (χ2v) is 9.11. The van der Waals surface area contributed by atoms with Gasteiger partial charge in [0.15, 0.2) is 0 Å². The average Bonchev–Trinajstić information content (AvgIpc) is 3.26. The first-order chi connectivity index (χ1) is 16.7. The van der Waals surface area contributed by atoms with E-state index in [0.29, 0.717) is 33.8 Å². The van der Waals surface area contributed by atoms with Crippen LogP contribution in [0.1, 0.15) is 0 Å². The molecule has 0 bridgehead atoms. The van der Waals surface area contributed by atoms with E-state index in [9.17, 15) is 28.2 Å². The SMILES string of the molecule is COc1c(-c2cccc([N+](=O)[O-])c2)cccc1-c1nc2c(cc(S(=O)(=O)O)c3cccc(O)c32)[nH]1.Cl. The number of aromatic hydroxyl groups is 1. The van der Waals surface area contributed by atoms with E-state index < -0.39 is 15.0 Å². The molecule has 0 atom stereocenters. The van der Waals surface area contributed by atoms with Crippen LogP contribution in [0.15, 0.2) is 71.6 Å². The average molecular weight is 528 g/mol. The summed E-state index contributed by atoms with van der Waals surface area (Å²) in [5.74, 6) is 0.491. The molecule has 1 aromatic heterocycles. The zero-order chi connectivity index (χ0) is 24.9. The highest BCUT2D eigenvalue weighted by atomic mass is 35.5. The van der Waals surface area contributed by atoms with E-state index in [1.165, 1.54) is 43.5 Å². The maximum Gasteiger partial charge on any atom is 0.295 e. The van der Waals surface area contributed by atoms with E-state index in [0.717, 1.165) is 0 Å². The van der Waals surface area contributed by atoms with Gasteiger partial charge in [-0.25, -0.2) is 4.98 Å². The molecule has 0 spiro atoms. The Morgan fingerprint density at radius 3 is 2.42 bits per heavy atom. The van der Waals surface area contributed by atoms with Crippen LogP contribution in [0.25, 0.3) is 44.3 Å². The summed E-state index contributed by atoms with van der Waals surface area (Å²) in [6.07, 6.45) is 0. The number of methoxy groups -OCH3 is 1. The van der Waals surface area contributed by atoms with Gasteiger partial charge in [0, 0.05) is 23.1 Å². The van der Waals surface area contributed by atoms with Gasteiger partial charge in [-0.2, -0.15) is 8.42 Å². The molecule has 0 amide bonds. The Hall–Kier alpha value is -4.19. The highest BCUT2D eigenvalue weighted by molar-refractivity contribution is 7.86. The van der Waals surface area contributed by atoms with Gasteiger partial charge in [0.05, 0.1) is 28.5 Å². The van der Waals surface area contributed by atoms with E-state index in [-0.39, 0.29) is 45.0 Å². The number of nitro groups is 1. The molecule has 0 aliphatic carbocycles. The first-order valence-corrected chi connectivity index (χ1v) is 11.7. The van der Waals surface area contributed by atoms with Gasteiger partial charge in [0.1, 0.15) is 27.7 Å². The number of rotatable bonds is 5. The molecule has 4 aromatic carbocycles. The number of halogens is 1. The van der Waals surface area contributed by atoms with E-state index in [1.54, 1.807) is 30.3 Å². The number of para-hydroxylation sites is 1. The quantitative estimate of drug-likeness (QED) is 0.157. The maximum atomic E-state index is 12.0. The second-order valence-electron chi connectivity index (χ2n) is 7.72.